The van der Waals surface area contributed by atoms with Crippen molar-refractivity contribution in [1.82, 2.24) is 10.2 Å². The van der Waals surface area contributed by atoms with E-state index in [-0.39, 0.29) is 5.92 Å². The van der Waals surface area contributed by atoms with E-state index in [1.54, 1.807) is 0 Å². The average molecular weight is 228 g/mol. The molecule has 2 aliphatic rings. The quantitative estimate of drug-likeness (QED) is 0.780. The summed E-state index contributed by atoms with van der Waals surface area (Å²) in [6, 6.07) is 0.507. The Hall–Kier alpha value is -0.220. The molecule has 15 heavy (non-hydrogen) atoms. The minimum Gasteiger partial charge on any atom is -0.339 e. The predicted octanol–water partition coefficient (Wildman–Crippen LogP) is 0.950. The number of rotatable bonds is 3. The summed E-state index contributed by atoms with van der Waals surface area (Å²) in [6.07, 6.45) is 2.21. The van der Waals surface area contributed by atoms with E-state index in [0.29, 0.717) is 11.9 Å². The van der Waals surface area contributed by atoms with Crippen LogP contribution in [0.2, 0.25) is 0 Å². The highest BCUT2D eigenvalue weighted by Gasteiger charge is 2.31. The molecule has 1 amide bonds. The Balaban J connectivity index is 1.95. The lowest BCUT2D eigenvalue weighted by atomic mass is 10.1. The van der Waals surface area contributed by atoms with Crippen molar-refractivity contribution in [3.8, 4) is 0 Å². The Labute approximate surface area is 96.0 Å². The first-order valence-electron chi connectivity index (χ1n) is 5.92. The number of nitrogens with one attached hydrogen (secondary N) is 1. The second kappa shape index (κ2) is 5.21. The Bertz CT molecular complexity index is 223. The third-order valence-corrected chi connectivity index (χ3v) is 4.52. The zero-order valence-electron chi connectivity index (χ0n) is 9.37. The Morgan fingerprint density at radius 1 is 1.53 bits per heavy atom. The molecule has 2 heterocycles. The highest BCUT2D eigenvalue weighted by atomic mass is 32.2. The van der Waals surface area contributed by atoms with E-state index in [4.69, 9.17) is 0 Å². The van der Waals surface area contributed by atoms with Crippen LogP contribution < -0.4 is 5.32 Å². The molecule has 0 aromatic rings. The summed E-state index contributed by atoms with van der Waals surface area (Å²) in [5, 5.41) is 3.27. The molecule has 0 aromatic carbocycles. The molecule has 2 saturated heterocycles. The standard InChI is InChI=1S/C11H20N2OS/c1-2-13(10-4-6-15-8-10)11(14)9-3-5-12-7-9/h9-10,12H,2-8H2,1H3/t9-,10+/m0/s1. The van der Waals surface area contributed by atoms with Gasteiger partial charge in [-0.15, -0.1) is 0 Å². The van der Waals surface area contributed by atoms with E-state index in [0.717, 1.165) is 31.8 Å². The zero-order valence-corrected chi connectivity index (χ0v) is 10.2. The van der Waals surface area contributed by atoms with Crippen LogP contribution in [0.5, 0.6) is 0 Å². The van der Waals surface area contributed by atoms with E-state index in [9.17, 15) is 4.79 Å². The van der Waals surface area contributed by atoms with Crippen molar-refractivity contribution in [2.45, 2.75) is 25.8 Å². The van der Waals surface area contributed by atoms with Crippen molar-refractivity contribution < 1.29 is 4.79 Å². The molecule has 4 heteroatoms. The first-order chi connectivity index (χ1) is 7.33. The smallest absolute Gasteiger partial charge is 0.227 e. The topological polar surface area (TPSA) is 32.3 Å². The Morgan fingerprint density at radius 3 is 2.93 bits per heavy atom. The van der Waals surface area contributed by atoms with Crippen molar-refractivity contribution in [3.05, 3.63) is 0 Å². The maximum absolute atomic E-state index is 12.2. The second-order valence-electron chi connectivity index (χ2n) is 4.33. The van der Waals surface area contributed by atoms with Gasteiger partial charge in [-0.05, 0) is 32.1 Å². The molecule has 2 atom stereocenters. The highest BCUT2D eigenvalue weighted by molar-refractivity contribution is 7.99. The van der Waals surface area contributed by atoms with Crippen LogP contribution in [0.4, 0.5) is 0 Å². The van der Waals surface area contributed by atoms with Gasteiger partial charge < -0.3 is 10.2 Å². The van der Waals surface area contributed by atoms with Crippen molar-refractivity contribution in [2.75, 3.05) is 31.1 Å². The molecule has 2 rings (SSSR count). The first kappa shape index (κ1) is 11.3. The van der Waals surface area contributed by atoms with Crippen LogP contribution in [0.15, 0.2) is 0 Å². The summed E-state index contributed by atoms with van der Waals surface area (Å²) >= 11 is 1.98. The van der Waals surface area contributed by atoms with Gasteiger partial charge in [-0.25, -0.2) is 0 Å². The number of thioether (sulfide) groups is 1. The number of hydrogen-bond donors (Lipinski definition) is 1. The fraction of sp³-hybridized carbons (Fsp3) is 0.909. The van der Waals surface area contributed by atoms with Gasteiger partial charge in [-0.2, -0.15) is 11.8 Å². The normalized spacial score (nSPS) is 30.7. The van der Waals surface area contributed by atoms with Gasteiger partial charge in [0.2, 0.25) is 5.91 Å². The van der Waals surface area contributed by atoms with E-state index < -0.39 is 0 Å². The largest absolute Gasteiger partial charge is 0.339 e. The molecule has 1 N–H and O–H groups in total. The maximum Gasteiger partial charge on any atom is 0.227 e. The van der Waals surface area contributed by atoms with Gasteiger partial charge in [0.25, 0.3) is 0 Å². The third kappa shape index (κ3) is 2.48. The molecule has 3 nitrogen and oxygen atoms in total. The molecule has 0 spiro atoms. The van der Waals surface area contributed by atoms with Crippen LogP contribution in [0.3, 0.4) is 0 Å². The summed E-state index contributed by atoms with van der Waals surface area (Å²) in [7, 11) is 0. The van der Waals surface area contributed by atoms with Gasteiger partial charge in [0, 0.05) is 24.9 Å². The lowest BCUT2D eigenvalue weighted by molar-refractivity contribution is -0.136. The van der Waals surface area contributed by atoms with Crippen LogP contribution in [0.25, 0.3) is 0 Å². The van der Waals surface area contributed by atoms with Crippen molar-refractivity contribution >= 4 is 17.7 Å². The summed E-state index contributed by atoms with van der Waals surface area (Å²) in [6.45, 7) is 4.87. The molecule has 0 aromatic heterocycles. The van der Waals surface area contributed by atoms with E-state index >= 15 is 0 Å². The third-order valence-electron chi connectivity index (χ3n) is 3.38. The zero-order chi connectivity index (χ0) is 10.7. The molecular formula is C11H20N2OS. The van der Waals surface area contributed by atoms with Gasteiger partial charge in [0.1, 0.15) is 0 Å². The molecule has 86 valence electrons. The van der Waals surface area contributed by atoms with Crippen LogP contribution in [-0.4, -0.2) is 48.0 Å². The summed E-state index contributed by atoms with van der Waals surface area (Å²) in [5.74, 6) is 2.99. The highest BCUT2D eigenvalue weighted by Crippen LogP contribution is 2.24. The first-order valence-corrected chi connectivity index (χ1v) is 7.07. The summed E-state index contributed by atoms with van der Waals surface area (Å²) < 4.78 is 0. The molecular weight excluding hydrogens is 208 g/mol. The molecule has 0 bridgehead atoms. The van der Waals surface area contributed by atoms with Gasteiger partial charge in [0.05, 0.1) is 5.92 Å². The van der Waals surface area contributed by atoms with Crippen molar-refractivity contribution in [1.29, 1.82) is 0 Å². The monoisotopic (exact) mass is 228 g/mol. The SMILES string of the molecule is CCN(C(=O)[C@H]1CCNC1)[C@@H]1CCSC1. The van der Waals surface area contributed by atoms with E-state index in [1.165, 1.54) is 12.2 Å². The molecule has 2 aliphatic heterocycles. The number of carbonyl (C=O) groups is 1. The lowest BCUT2D eigenvalue weighted by Gasteiger charge is -2.29. The minimum absolute atomic E-state index is 0.246. The molecule has 2 fully saturated rings. The average Bonchev–Trinajstić information content (AvgIpc) is 2.91. The van der Waals surface area contributed by atoms with Crippen LogP contribution in [0, 0.1) is 5.92 Å². The van der Waals surface area contributed by atoms with Gasteiger partial charge in [0.15, 0.2) is 0 Å². The van der Waals surface area contributed by atoms with Gasteiger partial charge in [-0.3, -0.25) is 4.79 Å². The number of carbonyl (C=O) groups excluding carboxylic acids is 1. The number of nitrogens with zero attached hydrogens (tertiary/aromatic N) is 1. The van der Waals surface area contributed by atoms with Crippen molar-refractivity contribution in [3.63, 3.8) is 0 Å². The van der Waals surface area contributed by atoms with Gasteiger partial charge in [-0.1, -0.05) is 0 Å². The van der Waals surface area contributed by atoms with Crippen molar-refractivity contribution in [2.24, 2.45) is 5.92 Å². The Morgan fingerprint density at radius 2 is 2.40 bits per heavy atom. The lowest BCUT2D eigenvalue weighted by Crippen LogP contribution is -2.44. The minimum atomic E-state index is 0.246. The number of hydrogen-bond acceptors (Lipinski definition) is 3. The van der Waals surface area contributed by atoms with Crippen LogP contribution >= 0.6 is 11.8 Å². The van der Waals surface area contributed by atoms with E-state index in [1.807, 2.05) is 11.8 Å². The van der Waals surface area contributed by atoms with E-state index in [2.05, 4.69) is 17.1 Å². The fourth-order valence-corrected chi connectivity index (χ4v) is 3.69. The number of amides is 1. The predicted molar refractivity (Wildman–Crippen MR) is 64.1 cm³/mol. The molecule has 0 aliphatic carbocycles. The summed E-state index contributed by atoms with van der Waals surface area (Å²) in [5.41, 5.74) is 0. The Kier molecular flexibility index (Phi) is 3.92. The fourth-order valence-electron chi connectivity index (χ4n) is 2.46. The summed E-state index contributed by atoms with van der Waals surface area (Å²) in [4.78, 5) is 14.3. The molecule has 0 radical (unpaired) electrons. The van der Waals surface area contributed by atoms with Gasteiger partial charge >= 0.3 is 0 Å². The molecule has 0 unspecified atom stereocenters. The maximum atomic E-state index is 12.2. The molecule has 0 saturated carbocycles. The van der Waals surface area contributed by atoms with Crippen LogP contribution in [0.1, 0.15) is 19.8 Å². The second-order valence-corrected chi connectivity index (χ2v) is 5.48. The van der Waals surface area contributed by atoms with Crippen LogP contribution in [-0.2, 0) is 4.79 Å².